The number of fused-ring (bicyclic) bond motifs is 9. The van der Waals surface area contributed by atoms with E-state index in [2.05, 4.69) is 245 Å². The van der Waals surface area contributed by atoms with E-state index >= 15 is 0 Å². The van der Waals surface area contributed by atoms with Crippen molar-refractivity contribution in [2.75, 3.05) is 4.90 Å². The lowest BCUT2D eigenvalue weighted by Gasteiger charge is -2.32. The highest BCUT2D eigenvalue weighted by atomic mass is 15.1. The van der Waals surface area contributed by atoms with Gasteiger partial charge in [0.05, 0.1) is 11.4 Å². The van der Waals surface area contributed by atoms with E-state index in [0.29, 0.717) is 0 Å². The summed E-state index contributed by atoms with van der Waals surface area (Å²) in [6.07, 6.45) is 0. The zero-order chi connectivity index (χ0) is 42.5. The van der Waals surface area contributed by atoms with E-state index in [1.807, 2.05) is 0 Å². The summed E-state index contributed by atoms with van der Waals surface area (Å²) in [4.78, 5) is 2.52. The quantitative estimate of drug-likeness (QED) is 0.151. The summed E-state index contributed by atoms with van der Waals surface area (Å²) in [6.45, 7) is 9.52. The smallest absolute Gasteiger partial charge is 0.0540 e. The minimum atomic E-state index is -0.175. The second-order valence-electron chi connectivity index (χ2n) is 18.4. The van der Waals surface area contributed by atoms with Gasteiger partial charge in [-0.15, -0.1) is 0 Å². The summed E-state index contributed by atoms with van der Waals surface area (Å²) in [5, 5.41) is 5.06. The van der Waals surface area contributed by atoms with Crippen LogP contribution in [0.3, 0.4) is 0 Å². The second kappa shape index (κ2) is 14.0. The van der Waals surface area contributed by atoms with Crippen molar-refractivity contribution in [3.8, 4) is 55.6 Å². The zero-order valence-corrected chi connectivity index (χ0v) is 36.2. The van der Waals surface area contributed by atoms with Gasteiger partial charge < -0.3 is 4.90 Å². The van der Waals surface area contributed by atoms with Crippen molar-refractivity contribution in [3.63, 3.8) is 0 Å². The van der Waals surface area contributed by atoms with E-state index in [-0.39, 0.29) is 10.8 Å². The van der Waals surface area contributed by atoms with Crippen molar-refractivity contribution < 1.29 is 0 Å². The maximum atomic E-state index is 2.52. The lowest BCUT2D eigenvalue weighted by atomic mass is 9.78. The lowest BCUT2D eigenvalue weighted by Crippen LogP contribution is -2.17. The van der Waals surface area contributed by atoms with Crippen molar-refractivity contribution >= 4 is 38.6 Å². The average molecular weight is 806 g/mol. The van der Waals surface area contributed by atoms with Crippen LogP contribution >= 0.6 is 0 Å². The molecule has 63 heavy (non-hydrogen) atoms. The molecule has 0 bridgehead atoms. The Hall–Kier alpha value is -7.48. The van der Waals surface area contributed by atoms with E-state index < -0.39 is 0 Å². The van der Waals surface area contributed by atoms with Gasteiger partial charge in [0, 0.05) is 27.6 Å². The van der Waals surface area contributed by atoms with Gasteiger partial charge in [-0.05, 0) is 119 Å². The van der Waals surface area contributed by atoms with Crippen molar-refractivity contribution in [1.29, 1.82) is 0 Å². The van der Waals surface area contributed by atoms with Gasteiger partial charge in [0.25, 0.3) is 0 Å². The van der Waals surface area contributed by atoms with E-state index in [0.717, 1.165) is 17.1 Å². The summed E-state index contributed by atoms with van der Waals surface area (Å²) in [5.74, 6) is 0. The molecule has 10 aromatic rings. The van der Waals surface area contributed by atoms with Gasteiger partial charge in [0.1, 0.15) is 0 Å². The zero-order valence-electron chi connectivity index (χ0n) is 36.2. The van der Waals surface area contributed by atoms with E-state index in [1.165, 1.54) is 99.4 Å². The molecule has 0 unspecified atom stereocenters. The number of rotatable bonds is 6. The van der Waals surface area contributed by atoms with Crippen LogP contribution in [0.15, 0.2) is 212 Å². The largest absolute Gasteiger partial charge is 0.309 e. The highest BCUT2D eigenvalue weighted by molar-refractivity contribution is 6.12. The van der Waals surface area contributed by atoms with Crippen molar-refractivity contribution in [2.24, 2.45) is 0 Å². The molecule has 1 nitrogen and oxygen atoms in total. The molecule has 0 fully saturated rings. The molecular weight excluding hydrogens is 759 g/mol. The van der Waals surface area contributed by atoms with Gasteiger partial charge in [0.15, 0.2) is 0 Å². The van der Waals surface area contributed by atoms with Crippen LogP contribution in [-0.2, 0) is 10.8 Å². The molecule has 0 aromatic heterocycles. The molecular formula is C62H47N. The highest BCUT2D eigenvalue weighted by Crippen LogP contribution is 2.55. The molecule has 0 amide bonds. The molecule has 2 aliphatic rings. The summed E-state index contributed by atoms with van der Waals surface area (Å²) in [7, 11) is 0. The van der Waals surface area contributed by atoms with Gasteiger partial charge in [-0.3, -0.25) is 0 Å². The predicted octanol–water partition coefficient (Wildman–Crippen LogP) is 17.1. The second-order valence-corrected chi connectivity index (χ2v) is 18.4. The molecule has 0 saturated carbocycles. The number of hydrogen-bond donors (Lipinski definition) is 0. The van der Waals surface area contributed by atoms with Crippen LogP contribution in [0, 0.1) is 0 Å². The van der Waals surface area contributed by atoms with Gasteiger partial charge >= 0.3 is 0 Å². The van der Waals surface area contributed by atoms with Crippen LogP contribution in [0.25, 0.3) is 77.2 Å². The predicted molar refractivity (Wildman–Crippen MR) is 268 cm³/mol. The molecule has 0 atom stereocenters. The van der Waals surface area contributed by atoms with Crippen molar-refractivity contribution in [3.05, 3.63) is 235 Å². The van der Waals surface area contributed by atoms with Crippen LogP contribution < -0.4 is 4.90 Å². The maximum Gasteiger partial charge on any atom is 0.0540 e. The molecule has 0 radical (unpaired) electrons. The Kier molecular flexibility index (Phi) is 8.30. The Morgan fingerprint density at radius 1 is 0.302 bits per heavy atom. The first-order valence-corrected chi connectivity index (χ1v) is 22.3. The highest BCUT2D eigenvalue weighted by Gasteiger charge is 2.38. The number of anilines is 3. The van der Waals surface area contributed by atoms with Crippen LogP contribution in [0.5, 0.6) is 0 Å². The van der Waals surface area contributed by atoms with Crippen LogP contribution in [0.2, 0.25) is 0 Å². The third-order valence-corrected chi connectivity index (χ3v) is 14.3. The fourth-order valence-electron chi connectivity index (χ4n) is 11.3. The molecule has 0 aliphatic heterocycles. The molecule has 0 saturated heterocycles. The van der Waals surface area contributed by atoms with Crippen molar-refractivity contribution in [2.45, 2.75) is 38.5 Å². The fourth-order valence-corrected chi connectivity index (χ4v) is 11.3. The number of para-hydroxylation sites is 2. The van der Waals surface area contributed by atoms with Crippen molar-refractivity contribution in [1.82, 2.24) is 0 Å². The topological polar surface area (TPSA) is 3.24 Å². The van der Waals surface area contributed by atoms with Gasteiger partial charge in [0.2, 0.25) is 0 Å². The Morgan fingerprint density at radius 3 is 1.62 bits per heavy atom. The van der Waals surface area contributed by atoms with E-state index in [1.54, 1.807) is 0 Å². The number of nitrogens with zero attached hydrogens (tertiary/aromatic N) is 1. The summed E-state index contributed by atoms with van der Waals surface area (Å²) in [6, 6.07) is 79.2. The third kappa shape index (κ3) is 5.62. The monoisotopic (exact) mass is 805 g/mol. The van der Waals surface area contributed by atoms with Crippen LogP contribution in [-0.4, -0.2) is 0 Å². The number of hydrogen-bond acceptors (Lipinski definition) is 1. The maximum absolute atomic E-state index is 2.52. The summed E-state index contributed by atoms with van der Waals surface area (Å²) < 4.78 is 0. The molecule has 0 N–H and O–H groups in total. The first-order chi connectivity index (χ1) is 30.8. The Labute approximate surface area is 370 Å². The minimum absolute atomic E-state index is 0.112. The molecule has 1 heteroatoms. The van der Waals surface area contributed by atoms with Crippen LogP contribution in [0.4, 0.5) is 17.1 Å². The molecule has 12 rings (SSSR count). The summed E-state index contributed by atoms with van der Waals surface area (Å²) >= 11 is 0. The first-order valence-electron chi connectivity index (χ1n) is 22.3. The first kappa shape index (κ1) is 37.3. The molecule has 0 heterocycles. The Balaban J connectivity index is 1.09. The molecule has 300 valence electrons. The molecule has 10 aromatic carbocycles. The average Bonchev–Trinajstić information content (AvgIpc) is 3.71. The Bertz CT molecular complexity index is 3470. The molecule has 2 aliphatic carbocycles. The van der Waals surface area contributed by atoms with E-state index in [4.69, 9.17) is 0 Å². The fraction of sp³-hybridized carbons (Fsp3) is 0.0968. The van der Waals surface area contributed by atoms with Gasteiger partial charge in [-0.25, -0.2) is 0 Å². The lowest BCUT2D eigenvalue weighted by molar-refractivity contribution is 0.660. The summed E-state index contributed by atoms with van der Waals surface area (Å²) in [5.41, 5.74) is 21.2. The third-order valence-electron chi connectivity index (χ3n) is 14.3. The van der Waals surface area contributed by atoms with Gasteiger partial charge in [-0.2, -0.15) is 0 Å². The van der Waals surface area contributed by atoms with Crippen LogP contribution in [0.1, 0.15) is 49.9 Å². The standard InChI is InChI=1S/C62H47N/c1-61(2)55-30-11-7-23-49(55)51-37-35-42(39-57(51)61)46-22-9-13-32-58(46)63(43-20-15-19-41(38-43)45-26-16-27-47-44-21-6-5-18-40(44)34-36-48(45)47)59-33-14-10-25-52(59)54-29-17-28-53-50-24-8-12-31-56(50)62(3,4)60(53)54/h5-39H,1-4H3. The number of benzene rings is 10. The minimum Gasteiger partial charge on any atom is -0.309 e. The normalized spacial score (nSPS) is 14.0. The SMILES string of the molecule is CC1(C)c2ccccc2-c2ccc(-c3ccccc3N(c3cccc(-c4cccc5c4ccc4ccccc45)c3)c3ccccc3-c3cccc4c3C(C)(C)c3ccccc3-4)cc21. The Morgan fingerprint density at radius 2 is 0.825 bits per heavy atom. The van der Waals surface area contributed by atoms with E-state index in [9.17, 15) is 0 Å². The molecule has 0 spiro atoms. The van der Waals surface area contributed by atoms with Gasteiger partial charge in [-0.1, -0.05) is 210 Å².